The Bertz CT molecular complexity index is 699. The lowest BCUT2D eigenvalue weighted by Gasteiger charge is -2.28. The van der Waals surface area contributed by atoms with Gasteiger partial charge in [-0.3, -0.25) is 4.79 Å². The summed E-state index contributed by atoms with van der Waals surface area (Å²) in [6, 6.07) is 7.02. The molecule has 3 atom stereocenters. The van der Waals surface area contributed by atoms with Crippen molar-refractivity contribution in [2.24, 2.45) is 5.92 Å². The van der Waals surface area contributed by atoms with E-state index < -0.39 is 10.0 Å². The summed E-state index contributed by atoms with van der Waals surface area (Å²) in [7, 11) is -3.45. The van der Waals surface area contributed by atoms with Crippen molar-refractivity contribution < 1.29 is 13.2 Å². The lowest BCUT2D eigenvalue weighted by atomic mass is 9.92. The van der Waals surface area contributed by atoms with E-state index in [0.29, 0.717) is 19.1 Å². The van der Waals surface area contributed by atoms with Crippen LogP contribution in [0.5, 0.6) is 0 Å². The second-order valence-electron chi connectivity index (χ2n) is 6.97. The van der Waals surface area contributed by atoms with Crippen molar-refractivity contribution in [3.63, 3.8) is 0 Å². The Balaban J connectivity index is 2.04. The molecular weight excluding hydrogens is 350 g/mol. The smallest absolute Gasteiger partial charge is 0.243 e. The van der Waals surface area contributed by atoms with Crippen LogP contribution in [0.25, 0.3) is 0 Å². The average Bonchev–Trinajstić information content (AvgIpc) is 2.62. The molecule has 1 aliphatic rings. The Kier molecular flexibility index (Phi) is 7.20. The van der Waals surface area contributed by atoms with E-state index in [2.05, 4.69) is 17.6 Å². The van der Waals surface area contributed by atoms with Crippen LogP contribution in [0.4, 0.5) is 0 Å². The van der Waals surface area contributed by atoms with Gasteiger partial charge in [0.05, 0.1) is 10.9 Å². The minimum Gasteiger partial charge on any atom is -0.349 e. The number of piperidine rings is 1. The standard InChI is InChI=1S/C19H31N3O3S/c1-5-22(6-2)26(24,25)18-9-7-16(8-10-18)15(4)21-19(23)17-11-12-20-14(3)13-17/h7-10,14-15,17,20H,5-6,11-13H2,1-4H3,(H,21,23)/t14-,15?,17-/m0/s1. The van der Waals surface area contributed by atoms with Gasteiger partial charge in [-0.25, -0.2) is 8.42 Å². The molecule has 1 aromatic rings. The van der Waals surface area contributed by atoms with Crippen LogP contribution >= 0.6 is 0 Å². The molecule has 1 fully saturated rings. The Labute approximate surface area is 157 Å². The fraction of sp³-hybridized carbons (Fsp3) is 0.632. The normalized spacial score (nSPS) is 22.2. The molecule has 146 valence electrons. The van der Waals surface area contributed by atoms with Crippen LogP contribution in [-0.4, -0.2) is 44.3 Å². The molecule has 1 heterocycles. The summed E-state index contributed by atoms with van der Waals surface area (Å²) in [6.45, 7) is 9.44. The molecule has 26 heavy (non-hydrogen) atoms. The predicted octanol–water partition coefficient (Wildman–Crippen LogP) is 2.28. The summed E-state index contributed by atoms with van der Waals surface area (Å²) in [4.78, 5) is 12.8. The van der Waals surface area contributed by atoms with E-state index >= 15 is 0 Å². The van der Waals surface area contributed by atoms with Gasteiger partial charge in [-0.15, -0.1) is 0 Å². The third kappa shape index (κ3) is 4.84. The predicted molar refractivity (Wildman–Crippen MR) is 103 cm³/mol. The minimum absolute atomic E-state index is 0.0380. The number of hydrogen-bond donors (Lipinski definition) is 2. The number of nitrogens with zero attached hydrogens (tertiary/aromatic N) is 1. The zero-order valence-corrected chi connectivity index (χ0v) is 17.0. The summed E-state index contributed by atoms with van der Waals surface area (Å²) < 4.78 is 26.5. The van der Waals surface area contributed by atoms with Crippen LogP contribution in [0.15, 0.2) is 29.2 Å². The summed E-state index contributed by atoms with van der Waals surface area (Å²) in [5.41, 5.74) is 0.902. The number of amides is 1. The van der Waals surface area contributed by atoms with Gasteiger partial charge in [0.25, 0.3) is 0 Å². The number of sulfonamides is 1. The van der Waals surface area contributed by atoms with E-state index in [0.717, 1.165) is 24.9 Å². The van der Waals surface area contributed by atoms with Crippen molar-refractivity contribution in [1.82, 2.24) is 14.9 Å². The first-order valence-corrected chi connectivity index (χ1v) is 10.9. The summed E-state index contributed by atoms with van der Waals surface area (Å²) in [6.07, 6.45) is 1.70. The highest BCUT2D eigenvalue weighted by Crippen LogP contribution is 2.21. The fourth-order valence-electron chi connectivity index (χ4n) is 3.43. The summed E-state index contributed by atoms with van der Waals surface area (Å²) in [5, 5.41) is 6.41. The first kappa shape index (κ1) is 20.9. The van der Waals surface area contributed by atoms with Gasteiger partial charge in [0.2, 0.25) is 15.9 Å². The van der Waals surface area contributed by atoms with Gasteiger partial charge in [-0.2, -0.15) is 4.31 Å². The topological polar surface area (TPSA) is 78.5 Å². The molecule has 0 radical (unpaired) electrons. The van der Waals surface area contributed by atoms with Gasteiger partial charge in [-0.05, 0) is 50.9 Å². The number of nitrogens with one attached hydrogen (secondary N) is 2. The van der Waals surface area contributed by atoms with Crippen molar-refractivity contribution >= 4 is 15.9 Å². The second kappa shape index (κ2) is 8.97. The van der Waals surface area contributed by atoms with E-state index in [1.54, 1.807) is 24.3 Å². The van der Waals surface area contributed by atoms with E-state index in [4.69, 9.17) is 0 Å². The van der Waals surface area contributed by atoms with Crippen LogP contribution in [0, 0.1) is 5.92 Å². The lowest BCUT2D eigenvalue weighted by molar-refractivity contribution is -0.126. The first-order valence-electron chi connectivity index (χ1n) is 9.43. The average molecular weight is 382 g/mol. The van der Waals surface area contributed by atoms with Gasteiger partial charge in [-0.1, -0.05) is 26.0 Å². The zero-order valence-electron chi connectivity index (χ0n) is 16.2. The highest BCUT2D eigenvalue weighted by atomic mass is 32.2. The Hall–Kier alpha value is -1.44. The van der Waals surface area contributed by atoms with Crippen LogP contribution in [0.3, 0.4) is 0 Å². The van der Waals surface area contributed by atoms with E-state index in [9.17, 15) is 13.2 Å². The maximum absolute atomic E-state index is 12.5. The maximum Gasteiger partial charge on any atom is 0.243 e. The third-order valence-corrected chi connectivity index (χ3v) is 7.14. The number of rotatable bonds is 7. The van der Waals surface area contributed by atoms with E-state index in [1.165, 1.54) is 4.31 Å². The Morgan fingerprint density at radius 3 is 2.42 bits per heavy atom. The van der Waals surface area contributed by atoms with E-state index in [-0.39, 0.29) is 22.8 Å². The highest BCUT2D eigenvalue weighted by molar-refractivity contribution is 7.89. The van der Waals surface area contributed by atoms with Crippen LogP contribution in [-0.2, 0) is 14.8 Å². The third-order valence-electron chi connectivity index (χ3n) is 5.08. The van der Waals surface area contributed by atoms with Gasteiger partial charge in [0.15, 0.2) is 0 Å². The largest absolute Gasteiger partial charge is 0.349 e. The van der Waals surface area contributed by atoms with Crippen LogP contribution in [0.1, 0.15) is 52.1 Å². The Morgan fingerprint density at radius 2 is 1.88 bits per heavy atom. The molecule has 7 heteroatoms. The molecule has 1 saturated heterocycles. The van der Waals surface area contributed by atoms with Crippen molar-refractivity contribution in [3.05, 3.63) is 29.8 Å². The molecule has 2 rings (SSSR count). The molecule has 0 aliphatic carbocycles. The lowest BCUT2D eigenvalue weighted by Crippen LogP contribution is -2.42. The number of benzene rings is 1. The SMILES string of the molecule is CCN(CC)S(=O)(=O)c1ccc(C(C)NC(=O)[C@H]2CCN[C@@H](C)C2)cc1. The van der Waals surface area contributed by atoms with E-state index in [1.807, 2.05) is 20.8 Å². The van der Waals surface area contributed by atoms with Crippen molar-refractivity contribution in [2.45, 2.75) is 57.5 Å². The number of carbonyl (C=O) groups is 1. The summed E-state index contributed by atoms with van der Waals surface area (Å²) in [5.74, 6) is 0.113. The zero-order chi connectivity index (χ0) is 19.3. The number of hydrogen-bond acceptors (Lipinski definition) is 4. The molecular formula is C19H31N3O3S. The summed E-state index contributed by atoms with van der Waals surface area (Å²) >= 11 is 0. The molecule has 1 aliphatic heterocycles. The second-order valence-corrected chi connectivity index (χ2v) is 8.90. The number of carbonyl (C=O) groups excluding carboxylic acids is 1. The van der Waals surface area contributed by atoms with Crippen molar-refractivity contribution in [2.75, 3.05) is 19.6 Å². The quantitative estimate of drug-likeness (QED) is 0.759. The van der Waals surface area contributed by atoms with Gasteiger partial charge in [0.1, 0.15) is 0 Å². The van der Waals surface area contributed by atoms with Gasteiger partial charge >= 0.3 is 0 Å². The molecule has 2 N–H and O–H groups in total. The minimum atomic E-state index is -3.45. The van der Waals surface area contributed by atoms with Gasteiger partial charge < -0.3 is 10.6 Å². The Morgan fingerprint density at radius 1 is 1.27 bits per heavy atom. The first-order chi connectivity index (χ1) is 12.3. The molecule has 1 aromatic carbocycles. The molecule has 1 unspecified atom stereocenters. The van der Waals surface area contributed by atoms with Crippen molar-refractivity contribution in [1.29, 1.82) is 0 Å². The molecule has 6 nitrogen and oxygen atoms in total. The molecule has 0 aromatic heterocycles. The van der Waals surface area contributed by atoms with Gasteiger partial charge in [0, 0.05) is 25.0 Å². The maximum atomic E-state index is 12.5. The fourth-order valence-corrected chi connectivity index (χ4v) is 4.88. The van der Waals surface area contributed by atoms with Crippen molar-refractivity contribution in [3.8, 4) is 0 Å². The molecule has 1 amide bonds. The van der Waals surface area contributed by atoms with Crippen LogP contribution in [0.2, 0.25) is 0 Å². The highest BCUT2D eigenvalue weighted by Gasteiger charge is 2.26. The molecule has 0 spiro atoms. The monoisotopic (exact) mass is 381 g/mol. The molecule has 0 bridgehead atoms. The van der Waals surface area contributed by atoms with Crippen LogP contribution < -0.4 is 10.6 Å². The molecule has 0 saturated carbocycles.